The molecular weight excluding hydrogens is 212 g/mol. The summed E-state index contributed by atoms with van der Waals surface area (Å²) in [4.78, 5) is 2.21. The van der Waals surface area contributed by atoms with Gasteiger partial charge >= 0.3 is 0 Å². The van der Waals surface area contributed by atoms with E-state index in [0.717, 1.165) is 31.8 Å². The first kappa shape index (κ1) is 14.0. The average molecular weight is 236 g/mol. The summed E-state index contributed by atoms with van der Waals surface area (Å²) in [6, 6.07) is 8.28. The van der Waals surface area contributed by atoms with E-state index in [4.69, 9.17) is 4.74 Å². The van der Waals surface area contributed by atoms with Crippen molar-refractivity contribution < 1.29 is 4.74 Å². The number of hydrogen-bond acceptors (Lipinski definition) is 3. The van der Waals surface area contributed by atoms with Crippen molar-refractivity contribution in [2.75, 3.05) is 40.8 Å². The molecule has 1 aromatic rings. The SMILES string of the molecule is COc1ccc(CCNCCCN(C)C)cc1. The molecule has 1 rings (SSSR count). The van der Waals surface area contributed by atoms with Crippen LogP contribution in [0.5, 0.6) is 5.75 Å². The van der Waals surface area contributed by atoms with Gasteiger partial charge in [0.1, 0.15) is 5.75 Å². The maximum absolute atomic E-state index is 5.13. The van der Waals surface area contributed by atoms with Gasteiger partial charge < -0.3 is 15.0 Å². The molecule has 0 spiro atoms. The molecule has 0 aliphatic carbocycles. The Labute approximate surface area is 105 Å². The minimum atomic E-state index is 0.924. The van der Waals surface area contributed by atoms with Crippen molar-refractivity contribution in [2.45, 2.75) is 12.8 Å². The first-order chi connectivity index (χ1) is 8.22. The molecule has 0 bridgehead atoms. The van der Waals surface area contributed by atoms with E-state index in [1.807, 2.05) is 12.1 Å². The fourth-order valence-corrected chi connectivity index (χ4v) is 1.67. The highest BCUT2D eigenvalue weighted by atomic mass is 16.5. The minimum Gasteiger partial charge on any atom is -0.497 e. The Morgan fingerprint density at radius 1 is 1.12 bits per heavy atom. The van der Waals surface area contributed by atoms with Crippen LogP contribution in [0.4, 0.5) is 0 Å². The van der Waals surface area contributed by atoms with E-state index in [9.17, 15) is 0 Å². The molecule has 0 fully saturated rings. The van der Waals surface area contributed by atoms with Crippen molar-refractivity contribution in [1.82, 2.24) is 10.2 Å². The van der Waals surface area contributed by atoms with Gasteiger partial charge in [0.2, 0.25) is 0 Å². The van der Waals surface area contributed by atoms with Crippen molar-refractivity contribution in [3.8, 4) is 5.75 Å². The minimum absolute atomic E-state index is 0.924. The predicted molar refractivity (Wildman–Crippen MR) is 72.7 cm³/mol. The highest BCUT2D eigenvalue weighted by Gasteiger charge is 1.95. The Kier molecular flexibility index (Phi) is 6.67. The van der Waals surface area contributed by atoms with E-state index < -0.39 is 0 Å². The Balaban J connectivity index is 2.09. The number of benzene rings is 1. The van der Waals surface area contributed by atoms with Gasteiger partial charge in [-0.3, -0.25) is 0 Å². The fourth-order valence-electron chi connectivity index (χ4n) is 1.67. The number of nitrogens with zero attached hydrogens (tertiary/aromatic N) is 1. The Bertz CT molecular complexity index is 296. The molecular formula is C14H24N2O. The average Bonchev–Trinajstić information content (AvgIpc) is 2.34. The second-order valence-corrected chi connectivity index (χ2v) is 4.50. The zero-order valence-electron chi connectivity index (χ0n) is 11.2. The lowest BCUT2D eigenvalue weighted by Crippen LogP contribution is -2.23. The van der Waals surface area contributed by atoms with Crippen LogP contribution in [-0.4, -0.2) is 45.7 Å². The van der Waals surface area contributed by atoms with Crippen molar-refractivity contribution in [3.63, 3.8) is 0 Å². The van der Waals surface area contributed by atoms with Crippen LogP contribution in [-0.2, 0) is 6.42 Å². The van der Waals surface area contributed by atoms with Crippen LogP contribution < -0.4 is 10.1 Å². The molecule has 3 nitrogen and oxygen atoms in total. The molecule has 0 amide bonds. The summed E-state index contributed by atoms with van der Waals surface area (Å²) in [6.45, 7) is 3.28. The summed E-state index contributed by atoms with van der Waals surface area (Å²) in [5.41, 5.74) is 1.35. The van der Waals surface area contributed by atoms with E-state index in [1.165, 1.54) is 12.0 Å². The van der Waals surface area contributed by atoms with Crippen LogP contribution in [0, 0.1) is 0 Å². The van der Waals surface area contributed by atoms with Crippen LogP contribution in [0.2, 0.25) is 0 Å². The molecule has 0 saturated heterocycles. The van der Waals surface area contributed by atoms with E-state index in [0.29, 0.717) is 0 Å². The first-order valence-corrected chi connectivity index (χ1v) is 6.21. The van der Waals surface area contributed by atoms with Gasteiger partial charge in [0.25, 0.3) is 0 Å². The third-order valence-electron chi connectivity index (χ3n) is 2.71. The summed E-state index contributed by atoms with van der Waals surface area (Å²) >= 11 is 0. The maximum atomic E-state index is 5.13. The second kappa shape index (κ2) is 8.09. The van der Waals surface area contributed by atoms with Gasteiger partial charge in [-0.15, -0.1) is 0 Å². The summed E-state index contributed by atoms with van der Waals surface area (Å²) in [5.74, 6) is 0.924. The van der Waals surface area contributed by atoms with Crippen LogP contribution >= 0.6 is 0 Å². The van der Waals surface area contributed by atoms with E-state index >= 15 is 0 Å². The van der Waals surface area contributed by atoms with Crippen molar-refractivity contribution in [1.29, 1.82) is 0 Å². The summed E-state index contributed by atoms with van der Waals surface area (Å²) in [5, 5.41) is 3.46. The lowest BCUT2D eigenvalue weighted by Gasteiger charge is -2.09. The Morgan fingerprint density at radius 3 is 2.41 bits per heavy atom. The third-order valence-corrected chi connectivity index (χ3v) is 2.71. The molecule has 0 radical (unpaired) electrons. The quantitative estimate of drug-likeness (QED) is 0.696. The normalized spacial score (nSPS) is 10.8. The molecule has 0 aliphatic rings. The molecule has 0 atom stereocenters. The largest absolute Gasteiger partial charge is 0.497 e. The highest BCUT2D eigenvalue weighted by Crippen LogP contribution is 2.11. The Morgan fingerprint density at radius 2 is 1.82 bits per heavy atom. The van der Waals surface area contributed by atoms with Gasteiger partial charge in [-0.1, -0.05) is 12.1 Å². The number of methoxy groups -OCH3 is 1. The Hall–Kier alpha value is -1.06. The zero-order valence-corrected chi connectivity index (χ0v) is 11.2. The van der Waals surface area contributed by atoms with Gasteiger partial charge in [-0.05, 0) is 64.3 Å². The van der Waals surface area contributed by atoms with Crippen molar-refractivity contribution in [2.24, 2.45) is 0 Å². The number of ether oxygens (including phenoxy) is 1. The summed E-state index contributed by atoms with van der Waals surface area (Å²) < 4.78 is 5.13. The van der Waals surface area contributed by atoms with Crippen molar-refractivity contribution >= 4 is 0 Å². The van der Waals surface area contributed by atoms with Crippen LogP contribution in [0.15, 0.2) is 24.3 Å². The molecule has 0 aliphatic heterocycles. The zero-order chi connectivity index (χ0) is 12.5. The standard InChI is InChI=1S/C14H24N2O/c1-16(2)12-4-10-15-11-9-13-5-7-14(17-3)8-6-13/h5-8,15H,4,9-12H2,1-3H3. The van der Waals surface area contributed by atoms with E-state index in [2.05, 4.69) is 36.4 Å². The predicted octanol–water partition coefficient (Wildman–Crippen LogP) is 1.78. The number of nitrogens with one attached hydrogen (secondary N) is 1. The second-order valence-electron chi connectivity index (χ2n) is 4.50. The van der Waals surface area contributed by atoms with Gasteiger partial charge in [0.15, 0.2) is 0 Å². The number of hydrogen-bond donors (Lipinski definition) is 1. The molecule has 0 aromatic heterocycles. The number of rotatable bonds is 8. The highest BCUT2D eigenvalue weighted by molar-refractivity contribution is 5.27. The molecule has 1 N–H and O–H groups in total. The van der Waals surface area contributed by atoms with E-state index in [1.54, 1.807) is 7.11 Å². The van der Waals surface area contributed by atoms with Crippen LogP contribution in [0.25, 0.3) is 0 Å². The fraction of sp³-hybridized carbons (Fsp3) is 0.571. The van der Waals surface area contributed by atoms with Crippen molar-refractivity contribution in [3.05, 3.63) is 29.8 Å². The third kappa shape index (κ3) is 6.29. The summed E-state index contributed by atoms with van der Waals surface area (Å²) in [6.07, 6.45) is 2.28. The van der Waals surface area contributed by atoms with Crippen LogP contribution in [0.3, 0.4) is 0 Å². The van der Waals surface area contributed by atoms with Gasteiger partial charge in [-0.2, -0.15) is 0 Å². The first-order valence-electron chi connectivity index (χ1n) is 6.21. The van der Waals surface area contributed by atoms with Gasteiger partial charge in [0.05, 0.1) is 7.11 Å². The topological polar surface area (TPSA) is 24.5 Å². The molecule has 0 unspecified atom stereocenters. The molecule has 3 heteroatoms. The smallest absolute Gasteiger partial charge is 0.118 e. The molecule has 96 valence electrons. The van der Waals surface area contributed by atoms with Gasteiger partial charge in [0, 0.05) is 0 Å². The van der Waals surface area contributed by atoms with Gasteiger partial charge in [-0.25, -0.2) is 0 Å². The lowest BCUT2D eigenvalue weighted by molar-refractivity contribution is 0.395. The molecule has 17 heavy (non-hydrogen) atoms. The molecule has 0 saturated carbocycles. The maximum Gasteiger partial charge on any atom is 0.118 e. The monoisotopic (exact) mass is 236 g/mol. The molecule has 1 aromatic carbocycles. The molecule has 0 heterocycles. The van der Waals surface area contributed by atoms with Crippen LogP contribution in [0.1, 0.15) is 12.0 Å². The lowest BCUT2D eigenvalue weighted by atomic mass is 10.1. The van der Waals surface area contributed by atoms with E-state index in [-0.39, 0.29) is 0 Å². The summed E-state index contributed by atoms with van der Waals surface area (Å²) in [7, 11) is 5.91.